The van der Waals surface area contributed by atoms with Gasteiger partial charge < -0.3 is 5.32 Å². The van der Waals surface area contributed by atoms with E-state index < -0.39 is 0 Å². The van der Waals surface area contributed by atoms with Crippen LogP contribution in [0.15, 0.2) is 24.4 Å². The maximum Gasteiger partial charge on any atom is 0.160 e. The van der Waals surface area contributed by atoms with Crippen molar-refractivity contribution < 1.29 is 0 Å². The average molecular weight is 232 g/mol. The Hall–Kier alpha value is -1.42. The second-order valence-electron chi connectivity index (χ2n) is 5.53. The van der Waals surface area contributed by atoms with Crippen LogP contribution in [0.2, 0.25) is 0 Å². The molecule has 0 amide bonds. The van der Waals surface area contributed by atoms with Gasteiger partial charge in [0.15, 0.2) is 5.65 Å². The highest BCUT2D eigenvalue weighted by Gasteiger charge is 2.09. The van der Waals surface area contributed by atoms with E-state index in [9.17, 15) is 0 Å². The molecule has 4 heteroatoms. The van der Waals surface area contributed by atoms with Crippen LogP contribution in [0.25, 0.3) is 5.65 Å². The molecule has 2 aromatic heterocycles. The van der Waals surface area contributed by atoms with Gasteiger partial charge in [0.05, 0.1) is 0 Å². The van der Waals surface area contributed by atoms with E-state index in [-0.39, 0.29) is 0 Å². The van der Waals surface area contributed by atoms with Crippen molar-refractivity contribution >= 4 is 5.65 Å². The molecule has 0 unspecified atom stereocenters. The van der Waals surface area contributed by atoms with Gasteiger partial charge in [0, 0.05) is 25.7 Å². The van der Waals surface area contributed by atoms with Crippen molar-refractivity contribution in [1.29, 1.82) is 0 Å². The van der Waals surface area contributed by atoms with Crippen LogP contribution in [0.5, 0.6) is 0 Å². The van der Waals surface area contributed by atoms with Crippen LogP contribution >= 0.6 is 0 Å². The van der Waals surface area contributed by atoms with Crippen molar-refractivity contribution in [1.82, 2.24) is 19.9 Å². The number of hydrogen-bond acceptors (Lipinski definition) is 3. The number of aromatic nitrogens is 3. The lowest BCUT2D eigenvalue weighted by molar-refractivity contribution is 0.381. The molecule has 2 rings (SSSR count). The van der Waals surface area contributed by atoms with Crippen LogP contribution in [-0.4, -0.2) is 27.7 Å². The molecule has 1 N–H and O–H groups in total. The SMILES string of the molecule is CC(C)(C)CNCCc1nnc2ccccn12. The van der Waals surface area contributed by atoms with Crippen molar-refractivity contribution in [2.45, 2.75) is 27.2 Å². The molecule has 4 nitrogen and oxygen atoms in total. The van der Waals surface area contributed by atoms with Crippen LogP contribution in [0.3, 0.4) is 0 Å². The van der Waals surface area contributed by atoms with Gasteiger partial charge in [-0.25, -0.2) is 0 Å². The monoisotopic (exact) mass is 232 g/mol. The summed E-state index contributed by atoms with van der Waals surface area (Å²) < 4.78 is 2.04. The summed E-state index contributed by atoms with van der Waals surface area (Å²) in [4.78, 5) is 0. The van der Waals surface area contributed by atoms with Gasteiger partial charge in [-0.2, -0.15) is 0 Å². The predicted molar refractivity (Wildman–Crippen MR) is 69.0 cm³/mol. The standard InChI is InChI=1S/C13H20N4/c1-13(2,3)10-14-8-7-12-16-15-11-6-4-5-9-17(11)12/h4-6,9,14H,7-8,10H2,1-3H3. The molecule has 17 heavy (non-hydrogen) atoms. The Bertz CT molecular complexity index is 481. The first-order valence-corrected chi connectivity index (χ1v) is 6.06. The number of fused-ring (bicyclic) bond motifs is 1. The van der Waals surface area contributed by atoms with Gasteiger partial charge in [0.1, 0.15) is 5.82 Å². The highest BCUT2D eigenvalue weighted by atomic mass is 15.2. The van der Waals surface area contributed by atoms with Crippen LogP contribution in [0.1, 0.15) is 26.6 Å². The number of hydrogen-bond donors (Lipinski definition) is 1. The first-order chi connectivity index (χ1) is 8.06. The smallest absolute Gasteiger partial charge is 0.160 e. The van der Waals surface area contributed by atoms with Crippen molar-refractivity contribution in [3.05, 3.63) is 30.2 Å². The van der Waals surface area contributed by atoms with Crippen molar-refractivity contribution in [2.24, 2.45) is 5.41 Å². The second-order valence-corrected chi connectivity index (χ2v) is 5.53. The average Bonchev–Trinajstić information content (AvgIpc) is 2.67. The molecule has 0 bridgehead atoms. The molecule has 0 atom stereocenters. The van der Waals surface area contributed by atoms with Gasteiger partial charge in [-0.15, -0.1) is 10.2 Å². The number of nitrogens with one attached hydrogen (secondary N) is 1. The molecule has 0 spiro atoms. The maximum absolute atomic E-state index is 4.20. The largest absolute Gasteiger partial charge is 0.316 e. The lowest BCUT2D eigenvalue weighted by Gasteiger charge is -2.18. The molecular weight excluding hydrogens is 212 g/mol. The van der Waals surface area contributed by atoms with E-state index in [4.69, 9.17) is 0 Å². The zero-order valence-electron chi connectivity index (χ0n) is 10.8. The molecule has 0 saturated carbocycles. The Balaban J connectivity index is 1.91. The Labute approximate surface area is 102 Å². The lowest BCUT2D eigenvalue weighted by atomic mass is 9.97. The van der Waals surface area contributed by atoms with E-state index in [0.29, 0.717) is 5.41 Å². The number of nitrogens with zero attached hydrogens (tertiary/aromatic N) is 3. The van der Waals surface area contributed by atoms with Crippen LogP contribution in [-0.2, 0) is 6.42 Å². The fourth-order valence-corrected chi connectivity index (χ4v) is 1.72. The topological polar surface area (TPSA) is 42.2 Å². The minimum Gasteiger partial charge on any atom is -0.316 e. The summed E-state index contributed by atoms with van der Waals surface area (Å²) in [5, 5.41) is 11.8. The highest BCUT2D eigenvalue weighted by molar-refractivity contribution is 5.36. The van der Waals surface area contributed by atoms with E-state index in [0.717, 1.165) is 31.0 Å². The van der Waals surface area contributed by atoms with Crippen molar-refractivity contribution in [3.63, 3.8) is 0 Å². The van der Waals surface area contributed by atoms with Gasteiger partial charge >= 0.3 is 0 Å². The molecule has 0 fully saturated rings. The van der Waals surface area contributed by atoms with Crippen LogP contribution in [0, 0.1) is 5.41 Å². The van der Waals surface area contributed by atoms with E-state index in [2.05, 4.69) is 36.3 Å². The van der Waals surface area contributed by atoms with Crippen LogP contribution in [0.4, 0.5) is 0 Å². The maximum atomic E-state index is 4.20. The first-order valence-electron chi connectivity index (χ1n) is 6.06. The van der Waals surface area contributed by atoms with Gasteiger partial charge in [0.2, 0.25) is 0 Å². The first kappa shape index (κ1) is 12.0. The normalized spacial score (nSPS) is 12.2. The summed E-state index contributed by atoms with van der Waals surface area (Å²) in [7, 11) is 0. The molecule has 0 aromatic carbocycles. The van der Waals surface area contributed by atoms with Crippen molar-refractivity contribution in [2.75, 3.05) is 13.1 Å². The minimum absolute atomic E-state index is 0.326. The molecule has 0 saturated heterocycles. The van der Waals surface area contributed by atoms with E-state index in [1.165, 1.54) is 0 Å². The number of pyridine rings is 1. The summed E-state index contributed by atoms with van der Waals surface area (Å²) in [6, 6.07) is 5.95. The molecule has 0 radical (unpaired) electrons. The van der Waals surface area contributed by atoms with E-state index in [1.54, 1.807) is 0 Å². The van der Waals surface area contributed by atoms with E-state index >= 15 is 0 Å². The summed E-state index contributed by atoms with van der Waals surface area (Å²) in [6.45, 7) is 8.64. The summed E-state index contributed by atoms with van der Waals surface area (Å²) in [5.41, 5.74) is 1.24. The Kier molecular flexibility index (Phi) is 3.43. The van der Waals surface area contributed by atoms with Gasteiger partial charge in [0.25, 0.3) is 0 Å². The van der Waals surface area contributed by atoms with Crippen LogP contribution < -0.4 is 5.32 Å². The summed E-state index contributed by atoms with van der Waals surface area (Å²) >= 11 is 0. The zero-order valence-corrected chi connectivity index (χ0v) is 10.8. The van der Waals surface area contributed by atoms with Gasteiger partial charge in [-0.1, -0.05) is 26.8 Å². The van der Waals surface area contributed by atoms with Gasteiger partial charge in [-0.3, -0.25) is 4.40 Å². The molecular formula is C13H20N4. The Morgan fingerprint density at radius 3 is 2.82 bits per heavy atom. The molecule has 0 aliphatic carbocycles. The second kappa shape index (κ2) is 4.84. The fraction of sp³-hybridized carbons (Fsp3) is 0.538. The molecule has 2 aromatic rings. The molecule has 0 aliphatic heterocycles. The third-order valence-corrected chi connectivity index (χ3v) is 2.57. The van der Waals surface area contributed by atoms with Gasteiger partial charge in [-0.05, 0) is 17.5 Å². The lowest BCUT2D eigenvalue weighted by Crippen LogP contribution is -2.28. The Morgan fingerprint density at radius 2 is 2.06 bits per heavy atom. The quantitative estimate of drug-likeness (QED) is 0.819. The fourth-order valence-electron chi connectivity index (χ4n) is 1.72. The minimum atomic E-state index is 0.326. The third-order valence-electron chi connectivity index (χ3n) is 2.57. The Morgan fingerprint density at radius 1 is 1.24 bits per heavy atom. The van der Waals surface area contributed by atoms with Crippen molar-refractivity contribution in [3.8, 4) is 0 Å². The number of rotatable bonds is 4. The zero-order chi connectivity index (χ0) is 12.3. The predicted octanol–water partition coefficient (Wildman–Crippen LogP) is 1.91. The molecule has 92 valence electrons. The third kappa shape index (κ3) is 3.27. The van der Waals surface area contributed by atoms with E-state index in [1.807, 2.05) is 28.8 Å². The summed E-state index contributed by atoms with van der Waals surface area (Å²) in [5.74, 6) is 1.02. The summed E-state index contributed by atoms with van der Waals surface area (Å²) in [6.07, 6.45) is 2.91. The molecule has 0 aliphatic rings. The highest BCUT2D eigenvalue weighted by Crippen LogP contribution is 2.10. The molecule has 2 heterocycles.